The molecule has 0 saturated carbocycles. The lowest BCUT2D eigenvalue weighted by molar-refractivity contribution is 0.106. The quantitative estimate of drug-likeness (QED) is 0.519. The maximum Gasteiger partial charge on any atom is 0.0766 e. The Morgan fingerprint density at radius 2 is 2.33 bits per heavy atom. The maximum absolute atomic E-state index is 5.50. The van der Waals surface area contributed by atoms with Crippen molar-refractivity contribution in [2.75, 3.05) is 7.11 Å². The topological polar surface area (TPSA) is 78.0 Å². The van der Waals surface area contributed by atoms with Crippen LogP contribution >= 0.6 is 0 Å². The third kappa shape index (κ3) is 3.26. The van der Waals surface area contributed by atoms with Crippen LogP contribution in [0.4, 0.5) is 0 Å². The van der Waals surface area contributed by atoms with E-state index in [1.807, 2.05) is 14.0 Å². The van der Waals surface area contributed by atoms with E-state index in [1.165, 1.54) is 0 Å². The van der Waals surface area contributed by atoms with E-state index in [0.717, 1.165) is 18.5 Å². The molecule has 2 atom stereocenters. The lowest BCUT2D eigenvalue weighted by Crippen LogP contribution is -2.30. The predicted octanol–water partition coefficient (Wildman–Crippen LogP) is 0.135. The maximum atomic E-state index is 5.50. The number of methoxy groups -OCH3 is 1. The van der Waals surface area contributed by atoms with Gasteiger partial charge in [0.15, 0.2) is 0 Å². The number of nitrogens with two attached hydrogens (primary N) is 1. The largest absolute Gasteiger partial charge is 0.382 e. The van der Waals surface area contributed by atoms with Gasteiger partial charge in [-0.05, 0) is 19.8 Å². The number of nitrogens with zero attached hydrogens (tertiary/aromatic N) is 3. The molecule has 6 nitrogen and oxygen atoms in total. The van der Waals surface area contributed by atoms with Gasteiger partial charge in [0.1, 0.15) is 0 Å². The smallest absolute Gasteiger partial charge is 0.0766 e. The number of hydrogen-bond donors (Lipinski definition) is 2. The van der Waals surface area contributed by atoms with Crippen molar-refractivity contribution in [3.8, 4) is 0 Å². The molecule has 0 aliphatic heterocycles. The highest BCUT2D eigenvalue weighted by atomic mass is 16.5. The summed E-state index contributed by atoms with van der Waals surface area (Å²) in [6.07, 6.45) is 3.80. The predicted molar refractivity (Wildman–Crippen MR) is 56.8 cm³/mol. The number of hydrogen-bond acceptors (Lipinski definition) is 5. The third-order valence-electron chi connectivity index (χ3n) is 2.57. The molecule has 0 fully saturated rings. The van der Waals surface area contributed by atoms with Crippen LogP contribution in [0, 0.1) is 0 Å². The molecule has 0 aliphatic carbocycles. The van der Waals surface area contributed by atoms with Crippen LogP contribution in [0.25, 0.3) is 0 Å². The monoisotopic (exact) mass is 213 g/mol. The molecule has 6 heteroatoms. The Bertz CT molecular complexity index is 288. The zero-order valence-corrected chi connectivity index (χ0v) is 9.47. The van der Waals surface area contributed by atoms with Gasteiger partial charge in [-0.3, -0.25) is 16.0 Å². The fourth-order valence-electron chi connectivity index (χ4n) is 1.45. The van der Waals surface area contributed by atoms with Crippen molar-refractivity contribution in [2.45, 2.75) is 31.9 Å². The first-order valence-electron chi connectivity index (χ1n) is 5.02. The number of aryl methyl sites for hydroxylation is 1. The molecular weight excluding hydrogens is 194 g/mol. The highest BCUT2D eigenvalue weighted by molar-refractivity contribution is 5.01. The zero-order chi connectivity index (χ0) is 11.3. The summed E-state index contributed by atoms with van der Waals surface area (Å²) in [5.41, 5.74) is 3.76. The van der Waals surface area contributed by atoms with E-state index in [4.69, 9.17) is 10.6 Å². The van der Waals surface area contributed by atoms with Gasteiger partial charge in [0, 0.05) is 14.2 Å². The molecule has 1 aromatic heterocycles. The summed E-state index contributed by atoms with van der Waals surface area (Å²) in [6, 6.07) is 0.0719. The van der Waals surface area contributed by atoms with Crippen LogP contribution in [-0.4, -0.2) is 28.2 Å². The molecular formula is C9H19N5O. The molecule has 0 aliphatic rings. The zero-order valence-electron chi connectivity index (χ0n) is 9.47. The van der Waals surface area contributed by atoms with Crippen LogP contribution in [0.2, 0.25) is 0 Å². The molecule has 15 heavy (non-hydrogen) atoms. The normalized spacial score (nSPS) is 15.2. The first-order valence-corrected chi connectivity index (χ1v) is 5.02. The second kappa shape index (κ2) is 5.79. The van der Waals surface area contributed by atoms with E-state index in [2.05, 4.69) is 15.7 Å². The Balaban J connectivity index is 2.53. The second-order valence-corrected chi connectivity index (χ2v) is 3.63. The molecule has 0 radical (unpaired) electrons. The molecule has 86 valence electrons. The van der Waals surface area contributed by atoms with E-state index in [-0.39, 0.29) is 12.1 Å². The van der Waals surface area contributed by atoms with Crippen LogP contribution in [0.1, 0.15) is 31.5 Å². The fourth-order valence-corrected chi connectivity index (χ4v) is 1.45. The van der Waals surface area contributed by atoms with Crippen LogP contribution in [0.15, 0.2) is 6.20 Å². The number of rotatable bonds is 6. The second-order valence-electron chi connectivity index (χ2n) is 3.63. The summed E-state index contributed by atoms with van der Waals surface area (Å²) in [4.78, 5) is 0. The van der Waals surface area contributed by atoms with Crippen LogP contribution in [0.5, 0.6) is 0 Å². The summed E-state index contributed by atoms with van der Waals surface area (Å²) < 4.78 is 6.91. The fraction of sp³-hybridized carbons (Fsp3) is 0.778. The van der Waals surface area contributed by atoms with Crippen LogP contribution in [0.3, 0.4) is 0 Å². The molecule has 1 heterocycles. The van der Waals surface area contributed by atoms with Gasteiger partial charge in [-0.25, -0.2) is 0 Å². The first-order chi connectivity index (χ1) is 7.19. The summed E-state index contributed by atoms with van der Waals surface area (Å²) in [7, 11) is 3.56. The highest BCUT2D eigenvalue weighted by Gasteiger charge is 2.15. The first kappa shape index (κ1) is 12.1. The van der Waals surface area contributed by atoms with E-state index in [0.29, 0.717) is 0 Å². The van der Waals surface area contributed by atoms with E-state index < -0.39 is 0 Å². The molecule has 0 aromatic carbocycles. The van der Waals surface area contributed by atoms with Gasteiger partial charge in [-0.1, -0.05) is 5.21 Å². The number of hydrazine groups is 1. The molecule has 1 aromatic rings. The average Bonchev–Trinajstić information content (AvgIpc) is 2.65. The minimum atomic E-state index is 0.0719. The molecule has 0 spiro atoms. The third-order valence-corrected chi connectivity index (χ3v) is 2.57. The van der Waals surface area contributed by atoms with Gasteiger partial charge >= 0.3 is 0 Å². The number of aromatic nitrogens is 3. The number of ether oxygens (including phenoxy) is 1. The van der Waals surface area contributed by atoms with Crippen LogP contribution < -0.4 is 11.3 Å². The van der Waals surface area contributed by atoms with Gasteiger partial charge in [0.2, 0.25) is 0 Å². The minimum absolute atomic E-state index is 0.0719. The van der Waals surface area contributed by atoms with Gasteiger partial charge in [0.05, 0.1) is 24.0 Å². The Morgan fingerprint density at radius 3 is 2.80 bits per heavy atom. The molecule has 0 saturated heterocycles. The number of nitrogens with one attached hydrogen (secondary N) is 1. The summed E-state index contributed by atoms with van der Waals surface area (Å²) in [5.74, 6) is 5.50. The lowest BCUT2D eigenvalue weighted by atomic mass is 10.1. The van der Waals surface area contributed by atoms with Gasteiger partial charge in [-0.15, -0.1) is 5.10 Å². The average molecular weight is 213 g/mol. The van der Waals surface area contributed by atoms with Crippen molar-refractivity contribution in [2.24, 2.45) is 12.9 Å². The molecule has 2 unspecified atom stereocenters. The summed E-state index contributed by atoms with van der Waals surface area (Å²) >= 11 is 0. The minimum Gasteiger partial charge on any atom is -0.382 e. The molecule has 3 N–H and O–H groups in total. The van der Waals surface area contributed by atoms with Gasteiger partial charge in [0.25, 0.3) is 0 Å². The van der Waals surface area contributed by atoms with E-state index in [9.17, 15) is 0 Å². The highest BCUT2D eigenvalue weighted by Crippen LogP contribution is 2.17. The van der Waals surface area contributed by atoms with Crippen molar-refractivity contribution in [3.05, 3.63) is 11.9 Å². The Kier molecular flexibility index (Phi) is 4.67. The van der Waals surface area contributed by atoms with Crippen molar-refractivity contribution in [1.82, 2.24) is 20.4 Å². The Hall–Kier alpha value is -0.980. The molecule has 1 rings (SSSR count). The summed E-state index contributed by atoms with van der Waals surface area (Å²) in [6.45, 7) is 2.04. The van der Waals surface area contributed by atoms with Gasteiger partial charge < -0.3 is 4.74 Å². The van der Waals surface area contributed by atoms with Crippen molar-refractivity contribution >= 4 is 0 Å². The van der Waals surface area contributed by atoms with E-state index >= 15 is 0 Å². The van der Waals surface area contributed by atoms with Crippen LogP contribution in [-0.2, 0) is 11.8 Å². The Labute approximate surface area is 89.8 Å². The van der Waals surface area contributed by atoms with E-state index in [1.54, 1.807) is 18.0 Å². The van der Waals surface area contributed by atoms with Gasteiger partial charge in [-0.2, -0.15) is 0 Å². The van der Waals surface area contributed by atoms with Crippen molar-refractivity contribution in [3.63, 3.8) is 0 Å². The SMILES string of the molecule is COC(C)CCC(NN)c1cnnn1C. The van der Waals surface area contributed by atoms with Crippen molar-refractivity contribution in [1.29, 1.82) is 0 Å². The lowest BCUT2D eigenvalue weighted by Gasteiger charge is -2.17. The molecule has 0 bridgehead atoms. The summed E-state index contributed by atoms with van der Waals surface area (Å²) in [5, 5.41) is 7.70. The Morgan fingerprint density at radius 1 is 1.60 bits per heavy atom. The standard InChI is InChI=1S/C9H19N5O/c1-7(15-3)4-5-8(12-10)9-6-11-13-14(9)2/h6-8,12H,4-5,10H2,1-3H3. The van der Waals surface area contributed by atoms with Crippen molar-refractivity contribution < 1.29 is 4.74 Å². The molecule has 0 amide bonds.